The Labute approximate surface area is 613 Å². The summed E-state index contributed by atoms with van der Waals surface area (Å²) < 4.78 is 68.6. The maximum absolute atomic E-state index is 13.1. The van der Waals surface area contributed by atoms with Gasteiger partial charge in [0.25, 0.3) is 0 Å². The first-order valence-corrected chi connectivity index (χ1v) is 45.0. The molecule has 0 aliphatic rings. The molecule has 0 saturated carbocycles. The molecule has 0 amide bonds. The molecule has 594 valence electrons. The number of hydrogen-bond donors (Lipinski definition) is 3. The number of hydrogen-bond acceptors (Lipinski definition) is 15. The fourth-order valence-corrected chi connectivity index (χ4v) is 14.1. The number of phosphoric ester groups is 2. The number of carbonyl (C=O) groups excluding carboxylic acids is 4. The molecule has 5 atom stereocenters. The molecule has 0 saturated heterocycles. The quantitative estimate of drug-likeness (QED) is 0.0222. The lowest BCUT2D eigenvalue weighted by Gasteiger charge is -2.21. The predicted molar refractivity (Wildman–Crippen MR) is 409 cm³/mol. The lowest BCUT2D eigenvalue weighted by atomic mass is 10.0. The average Bonchev–Trinajstić information content (AvgIpc) is 0.922. The number of ether oxygens (including phenoxy) is 4. The first-order chi connectivity index (χ1) is 48.4. The summed E-state index contributed by atoms with van der Waals surface area (Å²) in [5, 5.41) is 10.6. The number of esters is 4. The minimum absolute atomic E-state index is 0.106. The van der Waals surface area contributed by atoms with Gasteiger partial charge in [0.1, 0.15) is 19.3 Å². The third-order valence-electron chi connectivity index (χ3n) is 19.0. The standard InChI is InChI=1S/C81H158O17P2/c1-7-9-11-13-15-17-19-20-21-22-23-24-28-31-34-37-41-44-51-57-63-78(83)91-69-76(97-81(86)66-60-54-46-42-38-35-32-29-26-25-27-30-33-36-39-43-49-55-61-73(3)4)71-95-99(87,88)93-67-75(82)68-94-100(89,90)96-72-77(70-92-79(84)64-58-52-48-47-50-56-62-74(5)6)98-80(85)65-59-53-45-40-18-16-14-12-10-8-2/h73-77,82H,7-72H2,1-6H3,(H,87,88)(H,89,90)/t75-,76-,77-/m1/s1. The van der Waals surface area contributed by atoms with Gasteiger partial charge in [-0.1, -0.05) is 375 Å². The first kappa shape index (κ1) is 98.1. The predicted octanol–water partition coefficient (Wildman–Crippen LogP) is 24.3. The van der Waals surface area contributed by atoms with Crippen molar-refractivity contribution < 1.29 is 80.2 Å². The average molecular weight is 1470 g/mol. The molecule has 19 heteroatoms. The Balaban J connectivity index is 5.17. The summed E-state index contributed by atoms with van der Waals surface area (Å²) in [4.78, 5) is 72.9. The molecule has 0 aromatic heterocycles. The number of unbranched alkanes of at least 4 members (excludes halogenated alkanes) is 50. The van der Waals surface area contributed by atoms with E-state index in [1.54, 1.807) is 0 Å². The molecule has 17 nitrogen and oxygen atoms in total. The molecule has 0 bridgehead atoms. The van der Waals surface area contributed by atoms with Crippen molar-refractivity contribution in [2.75, 3.05) is 39.6 Å². The molecule has 0 radical (unpaired) electrons. The highest BCUT2D eigenvalue weighted by atomic mass is 31.2. The van der Waals surface area contributed by atoms with E-state index in [9.17, 15) is 43.2 Å². The highest BCUT2D eigenvalue weighted by Gasteiger charge is 2.30. The summed E-state index contributed by atoms with van der Waals surface area (Å²) in [7, 11) is -9.91. The lowest BCUT2D eigenvalue weighted by Crippen LogP contribution is -2.30. The van der Waals surface area contributed by atoms with E-state index < -0.39 is 97.5 Å². The zero-order valence-corrected chi connectivity index (χ0v) is 67.3. The van der Waals surface area contributed by atoms with Crippen LogP contribution in [-0.2, 0) is 65.4 Å². The number of aliphatic hydroxyl groups excluding tert-OH is 1. The van der Waals surface area contributed by atoms with Gasteiger partial charge in [-0.05, 0) is 37.5 Å². The molecule has 0 aliphatic carbocycles. The Morgan fingerprint density at radius 2 is 0.460 bits per heavy atom. The van der Waals surface area contributed by atoms with E-state index >= 15 is 0 Å². The summed E-state index contributed by atoms with van der Waals surface area (Å²) >= 11 is 0. The molecule has 0 heterocycles. The number of rotatable bonds is 80. The molecule has 0 rings (SSSR count). The number of carbonyl (C=O) groups is 4. The molecule has 0 spiro atoms. The van der Waals surface area contributed by atoms with Crippen LogP contribution in [0.3, 0.4) is 0 Å². The van der Waals surface area contributed by atoms with E-state index in [4.69, 9.17) is 37.0 Å². The number of aliphatic hydroxyl groups is 1. The van der Waals surface area contributed by atoms with Crippen molar-refractivity contribution in [3.8, 4) is 0 Å². The molecule has 100 heavy (non-hydrogen) atoms. The van der Waals surface area contributed by atoms with Gasteiger partial charge >= 0.3 is 39.5 Å². The van der Waals surface area contributed by atoms with Crippen LogP contribution in [0.2, 0.25) is 0 Å². The summed E-state index contributed by atoms with van der Waals surface area (Å²) in [5.74, 6) is -0.613. The van der Waals surface area contributed by atoms with Crippen LogP contribution in [0.1, 0.15) is 427 Å². The Kier molecular flexibility index (Phi) is 71.2. The second-order valence-corrected chi connectivity index (χ2v) is 33.0. The maximum Gasteiger partial charge on any atom is 0.472 e. The van der Waals surface area contributed by atoms with Crippen LogP contribution in [0.15, 0.2) is 0 Å². The van der Waals surface area contributed by atoms with Gasteiger partial charge in [-0.3, -0.25) is 37.3 Å². The fraction of sp³-hybridized carbons (Fsp3) is 0.951. The van der Waals surface area contributed by atoms with E-state index in [1.807, 2.05) is 0 Å². The minimum atomic E-state index is -4.96. The van der Waals surface area contributed by atoms with Gasteiger partial charge < -0.3 is 33.8 Å². The van der Waals surface area contributed by atoms with Crippen LogP contribution in [-0.4, -0.2) is 96.7 Å². The largest absolute Gasteiger partial charge is 0.472 e. The Bertz CT molecular complexity index is 1920. The molecule has 0 fully saturated rings. The fourth-order valence-electron chi connectivity index (χ4n) is 12.5. The van der Waals surface area contributed by atoms with Gasteiger partial charge in [-0.25, -0.2) is 9.13 Å². The maximum atomic E-state index is 13.1. The Morgan fingerprint density at radius 3 is 0.680 bits per heavy atom. The smallest absolute Gasteiger partial charge is 0.462 e. The summed E-state index contributed by atoms with van der Waals surface area (Å²) in [6, 6.07) is 0. The van der Waals surface area contributed by atoms with E-state index in [0.29, 0.717) is 31.6 Å². The molecule has 2 unspecified atom stereocenters. The van der Waals surface area contributed by atoms with Crippen LogP contribution >= 0.6 is 15.6 Å². The van der Waals surface area contributed by atoms with Crippen molar-refractivity contribution in [1.82, 2.24) is 0 Å². The lowest BCUT2D eigenvalue weighted by molar-refractivity contribution is -0.161. The van der Waals surface area contributed by atoms with Crippen molar-refractivity contribution in [2.24, 2.45) is 11.8 Å². The topological polar surface area (TPSA) is 237 Å². The Morgan fingerprint density at radius 1 is 0.270 bits per heavy atom. The van der Waals surface area contributed by atoms with Gasteiger partial charge in [0, 0.05) is 25.7 Å². The van der Waals surface area contributed by atoms with Crippen LogP contribution in [0.25, 0.3) is 0 Å². The van der Waals surface area contributed by atoms with Gasteiger partial charge in [0.05, 0.1) is 26.4 Å². The van der Waals surface area contributed by atoms with Crippen molar-refractivity contribution in [3.63, 3.8) is 0 Å². The van der Waals surface area contributed by atoms with Gasteiger partial charge in [-0.15, -0.1) is 0 Å². The summed E-state index contributed by atoms with van der Waals surface area (Å²) in [6.45, 7) is 9.57. The second kappa shape index (κ2) is 72.6. The van der Waals surface area contributed by atoms with Crippen molar-refractivity contribution in [2.45, 2.75) is 445 Å². The Hall–Kier alpha value is -1.94. The van der Waals surface area contributed by atoms with Gasteiger partial charge in [-0.2, -0.15) is 0 Å². The first-order valence-electron chi connectivity index (χ1n) is 42.0. The van der Waals surface area contributed by atoms with E-state index in [1.165, 1.54) is 238 Å². The third kappa shape index (κ3) is 74.3. The van der Waals surface area contributed by atoms with Gasteiger partial charge in [0.15, 0.2) is 12.2 Å². The van der Waals surface area contributed by atoms with Crippen molar-refractivity contribution >= 4 is 39.5 Å². The normalized spacial score (nSPS) is 13.9. The molecular formula is C81H158O17P2. The summed E-state index contributed by atoms with van der Waals surface area (Å²) in [5.41, 5.74) is 0. The zero-order valence-electron chi connectivity index (χ0n) is 65.5. The van der Waals surface area contributed by atoms with E-state index in [-0.39, 0.29) is 25.7 Å². The minimum Gasteiger partial charge on any atom is -0.462 e. The van der Waals surface area contributed by atoms with Crippen LogP contribution < -0.4 is 0 Å². The molecule has 0 aromatic carbocycles. The summed E-state index contributed by atoms with van der Waals surface area (Å²) in [6.07, 6.45) is 62.8. The van der Waals surface area contributed by atoms with Crippen molar-refractivity contribution in [3.05, 3.63) is 0 Å². The van der Waals surface area contributed by atoms with Crippen LogP contribution in [0.5, 0.6) is 0 Å². The van der Waals surface area contributed by atoms with Gasteiger partial charge in [0.2, 0.25) is 0 Å². The van der Waals surface area contributed by atoms with E-state index in [0.717, 1.165) is 102 Å². The zero-order chi connectivity index (χ0) is 73.5. The number of phosphoric acid groups is 2. The second-order valence-electron chi connectivity index (χ2n) is 30.1. The van der Waals surface area contributed by atoms with Crippen molar-refractivity contribution in [1.29, 1.82) is 0 Å². The third-order valence-corrected chi connectivity index (χ3v) is 20.9. The highest BCUT2D eigenvalue weighted by Crippen LogP contribution is 2.45. The molecule has 3 N–H and O–H groups in total. The van der Waals surface area contributed by atoms with E-state index in [2.05, 4.69) is 41.5 Å². The monoisotopic (exact) mass is 1470 g/mol. The van der Waals surface area contributed by atoms with Crippen LogP contribution in [0, 0.1) is 11.8 Å². The van der Waals surface area contributed by atoms with Crippen LogP contribution in [0.4, 0.5) is 0 Å². The SMILES string of the molecule is CCCCCCCCCCCCCCCCCCCCCCC(=O)OC[C@H](COP(=O)(O)OC[C@@H](O)COP(=O)(O)OC[C@@H](COC(=O)CCCCCCCCC(C)C)OC(=O)CCCCCCCCCCCC)OC(=O)CCCCCCCCCCCCCCCCCCCCC(C)C. The highest BCUT2D eigenvalue weighted by molar-refractivity contribution is 7.47. The molecule has 0 aliphatic heterocycles. The molecule has 0 aromatic rings. The molecular weight excluding hydrogens is 1310 g/mol.